The number of methoxy groups -OCH3 is 1. The summed E-state index contributed by atoms with van der Waals surface area (Å²) in [5.74, 6) is 1.39. The molecule has 25 heavy (non-hydrogen) atoms. The first-order chi connectivity index (χ1) is 12.2. The third-order valence-electron chi connectivity index (χ3n) is 4.40. The standard InChI is InChI=1S/C19H23N3O3/c1-25-16-7-4-14(5-8-16)17(23)13-21-19(24)15-6-9-18(20-12-15)22-10-2-3-11-22/h4-9,12,17,23H,2-3,10-11,13H2,1H3,(H,21,24)/t17-/m0/s1. The largest absolute Gasteiger partial charge is 0.497 e. The second-order valence-electron chi connectivity index (χ2n) is 6.10. The molecule has 0 aliphatic carbocycles. The predicted octanol–water partition coefficient (Wildman–Crippen LogP) is 2.15. The lowest BCUT2D eigenvalue weighted by molar-refractivity contribution is 0.0916. The molecule has 6 nitrogen and oxygen atoms in total. The molecular weight excluding hydrogens is 318 g/mol. The van der Waals surface area contributed by atoms with Crippen LogP contribution in [0.3, 0.4) is 0 Å². The maximum atomic E-state index is 12.2. The Labute approximate surface area is 147 Å². The lowest BCUT2D eigenvalue weighted by Crippen LogP contribution is -2.28. The van der Waals surface area contributed by atoms with Crippen molar-refractivity contribution < 1.29 is 14.6 Å². The van der Waals surface area contributed by atoms with Crippen LogP contribution in [0, 0.1) is 0 Å². The van der Waals surface area contributed by atoms with Gasteiger partial charge >= 0.3 is 0 Å². The zero-order chi connectivity index (χ0) is 17.6. The normalized spacial score (nSPS) is 15.0. The van der Waals surface area contributed by atoms with E-state index in [-0.39, 0.29) is 12.5 Å². The van der Waals surface area contributed by atoms with E-state index in [1.165, 1.54) is 12.8 Å². The van der Waals surface area contributed by atoms with Crippen molar-refractivity contribution in [1.29, 1.82) is 0 Å². The van der Waals surface area contributed by atoms with Crippen LogP contribution >= 0.6 is 0 Å². The van der Waals surface area contributed by atoms with Crippen molar-refractivity contribution in [2.75, 3.05) is 31.6 Å². The Kier molecular flexibility index (Phi) is 5.50. The molecule has 0 bridgehead atoms. The van der Waals surface area contributed by atoms with E-state index in [0.717, 1.165) is 30.2 Å². The van der Waals surface area contributed by atoms with Crippen molar-refractivity contribution in [2.24, 2.45) is 0 Å². The van der Waals surface area contributed by atoms with Crippen molar-refractivity contribution in [3.8, 4) is 5.75 Å². The van der Waals surface area contributed by atoms with Gasteiger partial charge in [0.05, 0.1) is 18.8 Å². The zero-order valence-electron chi connectivity index (χ0n) is 14.3. The minimum absolute atomic E-state index is 0.138. The summed E-state index contributed by atoms with van der Waals surface area (Å²) in [5, 5.41) is 12.9. The van der Waals surface area contributed by atoms with Crippen molar-refractivity contribution >= 4 is 11.7 Å². The van der Waals surface area contributed by atoms with E-state index in [1.807, 2.05) is 6.07 Å². The number of carbonyl (C=O) groups is 1. The molecule has 0 radical (unpaired) electrons. The number of aromatic nitrogens is 1. The number of aliphatic hydroxyl groups is 1. The summed E-state index contributed by atoms with van der Waals surface area (Å²) < 4.78 is 5.09. The molecule has 1 aromatic heterocycles. The molecule has 2 heterocycles. The van der Waals surface area contributed by atoms with E-state index in [9.17, 15) is 9.90 Å². The van der Waals surface area contributed by atoms with E-state index in [0.29, 0.717) is 5.56 Å². The molecule has 1 fully saturated rings. The maximum Gasteiger partial charge on any atom is 0.252 e. The number of rotatable bonds is 6. The first-order valence-corrected chi connectivity index (χ1v) is 8.48. The summed E-state index contributed by atoms with van der Waals surface area (Å²) in [6, 6.07) is 10.8. The van der Waals surface area contributed by atoms with Crippen LogP contribution in [0.5, 0.6) is 5.75 Å². The van der Waals surface area contributed by atoms with Crippen LogP contribution in [0.15, 0.2) is 42.6 Å². The minimum atomic E-state index is -0.772. The Bertz CT molecular complexity index is 695. The quantitative estimate of drug-likeness (QED) is 0.842. The number of aliphatic hydroxyl groups excluding tert-OH is 1. The lowest BCUT2D eigenvalue weighted by atomic mass is 10.1. The van der Waals surface area contributed by atoms with E-state index in [2.05, 4.69) is 15.2 Å². The van der Waals surface area contributed by atoms with Gasteiger partial charge in [-0.3, -0.25) is 4.79 Å². The number of nitrogens with one attached hydrogen (secondary N) is 1. The Morgan fingerprint density at radius 2 is 1.96 bits per heavy atom. The highest BCUT2D eigenvalue weighted by Crippen LogP contribution is 2.18. The van der Waals surface area contributed by atoms with E-state index in [1.54, 1.807) is 43.6 Å². The number of benzene rings is 1. The molecular formula is C19H23N3O3. The second kappa shape index (κ2) is 7.98. The summed E-state index contributed by atoms with van der Waals surface area (Å²) in [7, 11) is 1.59. The van der Waals surface area contributed by atoms with Gasteiger partial charge in [-0.15, -0.1) is 0 Å². The van der Waals surface area contributed by atoms with Crippen LogP contribution in [0.2, 0.25) is 0 Å². The highest BCUT2D eigenvalue weighted by Gasteiger charge is 2.15. The molecule has 0 spiro atoms. The Morgan fingerprint density at radius 1 is 1.24 bits per heavy atom. The molecule has 2 aromatic rings. The van der Waals surface area contributed by atoms with E-state index in [4.69, 9.17) is 4.74 Å². The lowest BCUT2D eigenvalue weighted by Gasteiger charge is -2.16. The van der Waals surface area contributed by atoms with Crippen molar-refractivity contribution in [1.82, 2.24) is 10.3 Å². The maximum absolute atomic E-state index is 12.2. The van der Waals surface area contributed by atoms with Crippen molar-refractivity contribution in [3.63, 3.8) is 0 Å². The SMILES string of the molecule is COc1ccc([C@@H](O)CNC(=O)c2ccc(N3CCCC3)nc2)cc1. The molecule has 0 unspecified atom stereocenters. The van der Waals surface area contributed by atoms with Crippen molar-refractivity contribution in [3.05, 3.63) is 53.7 Å². The Balaban J connectivity index is 1.54. The number of hydrogen-bond donors (Lipinski definition) is 2. The van der Waals surface area contributed by atoms with Gasteiger partial charge < -0.3 is 20.1 Å². The molecule has 6 heteroatoms. The van der Waals surface area contributed by atoms with Gasteiger partial charge in [-0.1, -0.05) is 12.1 Å². The molecule has 1 aromatic carbocycles. The number of pyridine rings is 1. The molecule has 2 N–H and O–H groups in total. The molecule has 1 saturated heterocycles. The highest BCUT2D eigenvalue weighted by molar-refractivity contribution is 5.94. The second-order valence-corrected chi connectivity index (χ2v) is 6.10. The molecule has 1 aliphatic rings. The summed E-state index contributed by atoms with van der Waals surface area (Å²) in [6.45, 7) is 2.18. The number of ether oxygens (including phenoxy) is 1. The summed E-state index contributed by atoms with van der Waals surface area (Å²) in [6.07, 6.45) is 3.19. The number of hydrogen-bond acceptors (Lipinski definition) is 5. The summed E-state index contributed by atoms with van der Waals surface area (Å²) in [4.78, 5) is 18.8. The third kappa shape index (κ3) is 4.28. The number of carbonyl (C=O) groups excluding carboxylic acids is 1. The molecule has 1 aliphatic heterocycles. The number of nitrogens with zero attached hydrogens (tertiary/aromatic N) is 2. The average molecular weight is 341 g/mol. The first kappa shape index (κ1) is 17.2. The van der Waals surface area contributed by atoms with Crippen LogP contribution < -0.4 is 15.0 Å². The van der Waals surface area contributed by atoms with Gasteiger partial charge in [-0.05, 0) is 42.7 Å². The van der Waals surface area contributed by atoms with Crippen molar-refractivity contribution in [2.45, 2.75) is 18.9 Å². The number of amides is 1. The first-order valence-electron chi connectivity index (χ1n) is 8.48. The minimum Gasteiger partial charge on any atom is -0.497 e. The Hall–Kier alpha value is -2.60. The third-order valence-corrected chi connectivity index (χ3v) is 4.40. The van der Waals surface area contributed by atoms with Crippen LogP contribution in [-0.4, -0.2) is 42.7 Å². The fourth-order valence-corrected chi connectivity index (χ4v) is 2.89. The topological polar surface area (TPSA) is 74.7 Å². The van der Waals surface area contributed by atoms with Crippen LogP contribution in [0.1, 0.15) is 34.9 Å². The molecule has 1 amide bonds. The fraction of sp³-hybridized carbons (Fsp3) is 0.368. The molecule has 3 rings (SSSR count). The van der Waals surface area contributed by atoms with Gasteiger partial charge in [0.2, 0.25) is 0 Å². The zero-order valence-corrected chi connectivity index (χ0v) is 14.3. The van der Waals surface area contributed by atoms with Crippen LogP contribution in [0.4, 0.5) is 5.82 Å². The number of anilines is 1. The summed E-state index contributed by atoms with van der Waals surface area (Å²) >= 11 is 0. The van der Waals surface area contributed by atoms with Gasteiger partial charge in [0.1, 0.15) is 11.6 Å². The van der Waals surface area contributed by atoms with Gasteiger partial charge in [0, 0.05) is 25.8 Å². The molecule has 0 saturated carbocycles. The monoisotopic (exact) mass is 341 g/mol. The van der Waals surface area contributed by atoms with Gasteiger partial charge in [0.15, 0.2) is 0 Å². The Morgan fingerprint density at radius 3 is 2.56 bits per heavy atom. The average Bonchev–Trinajstić information content (AvgIpc) is 3.21. The van der Waals surface area contributed by atoms with Gasteiger partial charge in [-0.25, -0.2) is 4.98 Å². The van der Waals surface area contributed by atoms with Crippen LogP contribution in [-0.2, 0) is 0 Å². The fourth-order valence-electron chi connectivity index (χ4n) is 2.89. The van der Waals surface area contributed by atoms with Crippen LogP contribution in [0.25, 0.3) is 0 Å². The molecule has 132 valence electrons. The van der Waals surface area contributed by atoms with E-state index >= 15 is 0 Å². The van der Waals surface area contributed by atoms with E-state index < -0.39 is 6.10 Å². The van der Waals surface area contributed by atoms with Gasteiger partial charge in [0.25, 0.3) is 5.91 Å². The highest BCUT2D eigenvalue weighted by atomic mass is 16.5. The van der Waals surface area contributed by atoms with Gasteiger partial charge in [-0.2, -0.15) is 0 Å². The predicted molar refractivity (Wildman–Crippen MR) is 96.0 cm³/mol. The summed E-state index contributed by atoms with van der Waals surface area (Å²) in [5.41, 5.74) is 1.22. The molecule has 1 atom stereocenters. The smallest absolute Gasteiger partial charge is 0.252 e.